The highest BCUT2D eigenvalue weighted by molar-refractivity contribution is 6.35. The van der Waals surface area contributed by atoms with Crippen LogP contribution in [0.5, 0.6) is 0 Å². The summed E-state index contributed by atoms with van der Waals surface area (Å²) in [5.74, 6) is 0. The summed E-state index contributed by atoms with van der Waals surface area (Å²) in [7, 11) is 0. The van der Waals surface area contributed by atoms with E-state index >= 15 is 0 Å². The molecule has 0 spiro atoms. The summed E-state index contributed by atoms with van der Waals surface area (Å²) in [4.78, 5) is 19.3. The van der Waals surface area contributed by atoms with E-state index in [1.807, 2.05) is 24.3 Å². The number of nitrogens with zero attached hydrogens (tertiary/aromatic N) is 2. The quantitative estimate of drug-likeness (QED) is 0.592. The first-order chi connectivity index (χ1) is 12.1. The molecule has 0 radical (unpaired) electrons. The summed E-state index contributed by atoms with van der Waals surface area (Å²) in [6, 6.07) is 12.7. The van der Waals surface area contributed by atoms with Gasteiger partial charge in [0.15, 0.2) is 0 Å². The van der Waals surface area contributed by atoms with Gasteiger partial charge in [-0.15, -0.1) is 0 Å². The van der Waals surface area contributed by atoms with Crippen molar-refractivity contribution in [1.29, 1.82) is 0 Å². The third kappa shape index (κ3) is 4.06. The van der Waals surface area contributed by atoms with Crippen LogP contribution in [-0.4, -0.2) is 24.9 Å². The van der Waals surface area contributed by atoms with E-state index in [1.165, 1.54) is 0 Å². The highest BCUT2D eigenvalue weighted by Crippen LogP contribution is 2.28. The number of carbonyl (C=O) groups excluding carboxylic acids is 1. The number of fused-ring (bicyclic) bond motifs is 1. The zero-order valence-electron chi connectivity index (χ0n) is 13.6. The van der Waals surface area contributed by atoms with E-state index in [0.29, 0.717) is 22.2 Å². The molecule has 0 atom stereocenters. The van der Waals surface area contributed by atoms with E-state index in [4.69, 9.17) is 28.0 Å². The summed E-state index contributed by atoms with van der Waals surface area (Å²) in [5, 5.41) is 7.42. The molecule has 1 amide bonds. The summed E-state index contributed by atoms with van der Waals surface area (Å²) in [5.41, 5.74) is 3.19. The van der Waals surface area contributed by atoms with Gasteiger partial charge in [0.1, 0.15) is 0 Å². The Morgan fingerprint density at radius 3 is 2.88 bits per heavy atom. The second kappa shape index (κ2) is 7.76. The smallest absolute Gasteiger partial charge is 0.371 e. The zero-order chi connectivity index (χ0) is 17.8. The number of carbonyl (C=O) groups is 1. The average molecular weight is 378 g/mol. The Kier molecular flexibility index (Phi) is 5.46. The van der Waals surface area contributed by atoms with Gasteiger partial charge in [0, 0.05) is 35.8 Å². The number of halogens is 2. The maximum absolute atomic E-state index is 12.0. The number of oxime groups is 1. The molecule has 5 nitrogen and oxygen atoms in total. The molecule has 25 heavy (non-hydrogen) atoms. The van der Waals surface area contributed by atoms with Gasteiger partial charge in [-0.2, -0.15) is 0 Å². The van der Waals surface area contributed by atoms with E-state index in [1.54, 1.807) is 18.2 Å². The number of hydrogen-bond acceptors (Lipinski definition) is 4. The number of hydrogen-bond donors (Lipinski definition) is 1. The molecule has 0 fully saturated rings. The van der Waals surface area contributed by atoms with Crippen molar-refractivity contribution in [2.45, 2.75) is 13.3 Å². The van der Waals surface area contributed by atoms with Crippen molar-refractivity contribution in [2.24, 2.45) is 5.16 Å². The molecule has 0 saturated carbocycles. The van der Waals surface area contributed by atoms with E-state index in [0.717, 1.165) is 30.1 Å². The van der Waals surface area contributed by atoms with Crippen LogP contribution < -0.4 is 10.2 Å². The lowest BCUT2D eigenvalue weighted by molar-refractivity contribution is 0.166. The van der Waals surface area contributed by atoms with Gasteiger partial charge < -0.3 is 4.90 Å². The molecule has 0 aromatic heterocycles. The van der Waals surface area contributed by atoms with Crippen molar-refractivity contribution in [1.82, 2.24) is 0 Å². The fraction of sp³-hybridized carbons (Fsp3) is 0.222. The van der Waals surface area contributed by atoms with E-state index < -0.39 is 6.09 Å². The van der Waals surface area contributed by atoms with Crippen molar-refractivity contribution in [3.63, 3.8) is 0 Å². The topological polar surface area (TPSA) is 53.9 Å². The first kappa shape index (κ1) is 17.6. The highest BCUT2D eigenvalue weighted by atomic mass is 35.5. The molecule has 2 aromatic carbocycles. The van der Waals surface area contributed by atoms with Gasteiger partial charge in [-0.3, -0.25) is 10.2 Å². The standard InChI is InChI=1S/C18H17Cl2N3O2/c1-2-23-10-9-15(13-5-3-4-6-17(13)23)22-25-18(24)21-16-11-12(19)7-8-14(16)20/h3-8,11H,2,9-10H2,1H3,(H,21,24)/b22-15+. The number of para-hydroxylation sites is 1. The molecule has 1 N–H and O–H groups in total. The molecule has 1 aliphatic rings. The van der Waals surface area contributed by atoms with Crippen molar-refractivity contribution in [2.75, 3.05) is 23.3 Å². The Bertz CT molecular complexity index is 824. The normalized spacial score (nSPS) is 15.0. The second-order valence-electron chi connectivity index (χ2n) is 5.51. The maximum Gasteiger partial charge on any atom is 0.437 e. The molecule has 130 valence electrons. The number of anilines is 2. The summed E-state index contributed by atoms with van der Waals surface area (Å²) in [6.45, 7) is 3.86. The molecule has 2 aromatic rings. The van der Waals surface area contributed by atoms with Crippen LogP contribution in [0, 0.1) is 0 Å². The zero-order valence-corrected chi connectivity index (χ0v) is 15.1. The van der Waals surface area contributed by atoms with E-state index in [2.05, 4.69) is 22.3 Å². The molecular formula is C18H17Cl2N3O2. The lowest BCUT2D eigenvalue weighted by atomic mass is 10.00. The number of rotatable bonds is 3. The minimum absolute atomic E-state index is 0.371. The van der Waals surface area contributed by atoms with Crippen LogP contribution >= 0.6 is 23.2 Å². The lowest BCUT2D eigenvalue weighted by Crippen LogP contribution is -2.32. The largest absolute Gasteiger partial charge is 0.437 e. The Hall–Kier alpha value is -2.24. The van der Waals surface area contributed by atoms with Crippen molar-refractivity contribution in [3.05, 3.63) is 58.1 Å². The van der Waals surface area contributed by atoms with Crippen molar-refractivity contribution in [3.8, 4) is 0 Å². The molecule has 7 heteroatoms. The monoisotopic (exact) mass is 377 g/mol. The third-order valence-corrected chi connectivity index (χ3v) is 4.52. The fourth-order valence-electron chi connectivity index (χ4n) is 2.74. The summed E-state index contributed by atoms with van der Waals surface area (Å²) in [6.07, 6.45) is -0.0113. The first-order valence-electron chi connectivity index (χ1n) is 7.92. The minimum Gasteiger partial charge on any atom is -0.371 e. The van der Waals surface area contributed by atoms with Crippen LogP contribution in [0.3, 0.4) is 0 Å². The fourth-order valence-corrected chi connectivity index (χ4v) is 3.07. The van der Waals surface area contributed by atoms with Crippen molar-refractivity contribution >= 4 is 46.4 Å². The van der Waals surface area contributed by atoms with E-state index in [9.17, 15) is 4.79 Å². The van der Waals surface area contributed by atoms with Crippen LogP contribution in [0.4, 0.5) is 16.2 Å². The number of benzene rings is 2. The average Bonchev–Trinajstić information content (AvgIpc) is 2.62. The SMILES string of the molecule is CCN1CC/C(=N\OC(=O)Nc2cc(Cl)ccc2Cl)c2ccccc21. The minimum atomic E-state index is -0.716. The van der Waals surface area contributed by atoms with Gasteiger partial charge in [0.25, 0.3) is 0 Å². The molecule has 3 rings (SSSR count). The molecule has 1 heterocycles. The molecule has 0 aliphatic carbocycles. The van der Waals surface area contributed by atoms with Crippen LogP contribution in [-0.2, 0) is 4.84 Å². The highest BCUT2D eigenvalue weighted by Gasteiger charge is 2.21. The van der Waals surface area contributed by atoms with E-state index in [-0.39, 0.29) is 0 Å². The van der Waals surface area contributed by atoms with Gasteiger partial charge in [0.05, 0.1) is 16.4 Å². The third-order valence-electron chi connectivity index (χ3n) is 3.96. The summed E-state index contributed by atoms with van der Waals surface area (Å²) >= 11 is 11.9. The lowest BCUT2D eigenvalue weighted by Gasteiger charge is -2.30. The second-order valence-corrected chi connectivity index (χ2v) is 6.36. The molecule has 0 unspecified atom stereocenters. The van der Waals surface area contributed by atoms with Crippen LogP contribution in [0.2, 0.25) is 10.0 Å². The maximum atomic E-state index is 12.0. The Labute approximate surface area is 156 Å². The van der Waals surface area contributed by atoms with Gasteiger partial charge in [0.2, 0.25) is 0 Å². The van der Waals surface area contributed by atoms with Gasteiger partial charge in [-0.1, -0.05) is 46.6 Å². The molecular weight excluding hydrogens is 361 g/mol. The van der Waals surface area contributed by atoms with Gasteiger partial charge in [-0.25, -0.2) is 4.79 Å². The predicted molar refractivity (Wildman–Crippen MR) is 102 cm³/mol. The number of nitrogens with one attached hydrogen (secondary N) is 1. The van der Waals surface area contributed by atoms with Crippen LogP contribution in [0.1, 0.15) is 18.9 Å². The predicted octanol–water partition coefficient (Wildman–Crippen LogP) is 5.18. The van der Waals surface area contributed by atoms with Crippen LogP contribution in [0.25, 0.3) is 0 Å². The number of amides is 1. The van der Waals surface area contributed by atoms with Crippen molar-refractivity contribution < 1.29 is 9.63 Å². The molecule has 1 aliphatic heterocycles. The van der Waals surface area contributed by atoms with Gasteiger partial charge >= 0.3 is 6.09 Å². The van der Waals surface area contributed by atoms with Gasteiger partial charge in [-0.05, 0) is 31.2 Å². The van der Waals surface area contributed by atoms with Crippen LogP contribution in [0.15, 0.2) is 47.6 Å². The molecule has 0 bridgehead atoms. The Balaban J connectivity index is 1.74. The Morgan fingerprint density at radius 1 is 1.28 bits per heavy atom. The first-order valence-corrected chi connectivity index (χ1v) is 8.68. The Morgan fingerprint density at radius 2 is 2.08 bits per heavy atom. The summed E-state index contributed by atoms with van der Waals surface area (Å²) < 4.78 is 0. The molecule has 0 saturated heterocycles.